The predicted octanol–water partition coefficient (Wildman–Crippen LogP) is 3.71. The minimum Gasteiger partial charge on any atom is -0.366 e. The highest BCUT2D eigenvalue weighted by Crippen LogP contribution is 2.39. The molecule has 1 atom stereocenters. The topological polar surface area (TPSA) is 95.8 Å². The number of primary amides is 1. The Morgan fingerprint density at radius 3 is 3.04 bits per heavy atom. The number of rotatable bonds is 4. The van der Waals surface area contributed by atoms with Gasteiger partial charge < -0.3 is 21.4 Å². The lowest BCUT2D eigenvalue weighted by Gasteiger charge is -2.24. The van der Waals surface area contributed by atoms with Gasteiger partial charge in [-0.2, -0.15) is 0 Å². The van der Waals surface area contributed by atoms with Gasteiger partial charge in [-0.05, 0) is 54.6 Å². The first-order chi connectivity index (χ1) is 13.7. The summed E-state index contributed by atoms with van der Waals surface area (Å²) in [5.41, 5.74) is 8.32. The smallest absolute Gasteiger partial charge is 0.251 e. The number of anilines is 1. The van der Waals surface area contributed by atoms with Crippen LogP contribution < -0.4 is 16.4 Å². The number of carbonyl (C=O) groups excluding carboxylic acids is 1. The lowest BCUT2D eigenvalue weighted by molar-refractivity contribution is 0.100. The molecular formula is C21H21N5OS. The molecule has 5 N–H and O–H groups in total. The van der Waals surface area contributed by atoms with E-state index in [2.05, 4.69) is 50.9 Å². The van der Waals surface area contributed by atoms with Crippen LogP contribution in [0.15, 0.2) is 42.7 Å². The van der Waals surface area contributed by atoms with Gasteiger partial charge in [-0.1, -0.05) is 6.07 Å². The summed E-state index contributed by atoms with van der Waals surface area (Å²) in [5.74, 6) is 0.372. The molecule has 1 amide bonds. The van der Waals surface area contributed by atoms with Crippen molar-refractivity contribution >= 4 is 44.1 Å². The molecule has 5 rings (SSSR count). The number of amides is 1. The van der Waals surface area contributed by atoms with Crippen LogP contribution in [0.4, 0.5) is 5.82 Å². The van der Waals surface area contributed by atoms with Crippen molar-refractivity contribution in [2.24, 2.45) is 5.73 Å². The van der Waals surface area contributed by atoms with Crippen LogP contribution in [-0.2, 0) is 0 Å². The van der Waals surface area contributed by atoms with Crippen molar-refractivity contribution in [1.29, 1.82) is 0 Å². The Morgan fingerprint density at radius 2 is 2.21 bits per heavy atom. The van der Waals surface area contributed by atoms with Gasteiger partial charge in [-0.25, -0.2) is 4.98 Å². The van der Waals surface area contributed by atoms with Crippen LogP contribution in [0.5, 0.6) is 0 Å². The number of piperidine rings is 1. The highest BCUT2D eigenvalue weighted by molar-refractivity contribution is 7.22. The normalized spacial score (nSPS) is 17.2. The maximum absolute atomic E-state index is 12.0. The van der Waals surface area contributed by atoms with Crippen LogP contribution in [-0.4, -0.2) is 35.0 Å². The number of hydrogen-bond donors (Lipinski definition) is 4. The molecule has 6 nitrogen and oxygen atoms in total. The van der Waals surface area contributed by atoms with E-state index in [4.69, 9.17) is 5.73 Å². The summed E-state index contributed by atoms with van der Waals surface area (Å²) in [4.78, 5) is 20.8. The van der Waals surface area contributed by atoms with E-state index >= 15 is 0 Å². The molecule has 28 heavy (non-hydrogen) atoms. The minimum absolute atomic E-state index is 0.337. The number of aromatic amines is 1. The summed E-state index contributed by atoms with van der Waals surface area (Å²) < 4.78 is 0.887. The molecule has 0 bridgehead atoms. The zero-order chi connectivity index (χ0) is 19.1. The van der Waals surface area contributed by atoms with Crippen molar-refractivity contribution in [2.75, 3.05) is 18.4 Å². The van der Waals surface area contributed by atoms with E-state index in [-0.39, 0.29) is 0 Å². The second-order valence-electron chi connectivity index (χ2n) is 7.21. The molecule has 1 aromatic carbocycles. The van der Waals surface area contributed by atoms with Gasteiger partial charge in [0.15, 0.2) is 0 Å². The Labute approximate surface area is 166 Å². The number of fused-ring (bicyclic) bond motifs is 2. The number of pyridine rings is 1. The van der Waals surface area contributed by atoms with E-state index in [1.807, 2.05) is 6.20 Å². The highest BCUT2D eigenvalue weighted by atomic mass is 32.1. The maximum atomic E-state index is 12.0. The fourth-order valence-electron chi connectivity index (χ4n) is 3.83. The lowest BCUT2D eigenvalue weighted by Crippen LogP contribution is -2.38. The van der Waals surface area contributed by atoms with Crippen LogP contribution in [0, 0.1) is 0 Å². The molecule has 1 aliphatic heterocycles. The molecule has 0 saturated carbocycles. The first kappa shape index (κ1) is 17.2. The number of aromatic nitrogens is 2. The van der Waals surface area contributed by atoms with E-state index in [9.17, 15) is 4.79 Å². The number of benzene rings is 1. The first-order valence-corrected chi connectivity index (χ1v) is 10.3. The fourth-order valence-corrected chi connectivity index (χ4v) is 5.00. The fraction of sp³-hybridized carbons (Fsp3) is 0.238. The molecule has 1 aliphatic rings. The summed E-state index contributed by atoms with van der Waals surface area (Å²) >= 11 is 1.59. The lowest BCUT2D eigenvalue weighted by atomic mass is 10.1. The Morgan fingerprint density at radius 1 is 1.29 bits per heavy atom. The Hall–Kier alpha value is -2.90. The van der Waals surface area contributed by atoms with Crippen LogP contribution in [0.1, 0.15) is 23.2 Å². The summed E-state index contributed by atoms with van der Waals surface area (Å²) in [6.45, 7) is 1.98. The molecule has 3 aromatic heterocycles. The number of nitrogens with one attached hydrogen (secondary N) is 3. The van der Waals surface area contributed by atoms with E-state index in [0.29, 0.717) is 11.6 Å². The molecule has 0 radical (unpaired) electrons. The summed E-state index contributed by atoms with van der Waals surface area (Å²) in [6.07, 6.45) is 5.79. The third-order valence-electron chi connectivity index (χ3n) is 5.30. The van der Waals surface area contributed by atoms with Gasteiger partial charge in [0, 0.05) is 40.8 Å². The van der Waals surface area contributed by atoms with E-state index < -0.39 is 5.91 Å². The molecular weight excluding hydrogens is 370 g/mol. The number of carbonyl (C=O) groups is 1. The zero-order valence-electron chi connectivity index (χ0n) is 15.3. The van der Waals surface area contributed by atoms with Gasteiger partial charge in [-0.15, -0.1) is 11.3 Å². The minimum atomic E-state index is -0.446. The molecule has 4 aromatic rings. The van der Waals surface area contributed by atoms with Gasteiger partial charge in [0.2, 0.25) is 0 Å². The predicted molar refractivity (Wildman–Crippen MR) is 115 cm³/mol. The van der Waals surface area contributed by atoms with Crippen molar-refractivity contribution in [2.45, 2.75) is 18.9 Å². The number of nitrogens with two attached hydrogens (primary N) is 1. The van der Waals surface area contributed by atoms with E-state index in [1.165, 1.54) is 0 Å². The number of H-pyrrole nitrogens is 1. The molecule has 4 heterocycles. The van der Waals surface area contributed by atoms with Crippen LogP contribution >= 0.6 is 11.3 Å². The summed E-state index contributed by atoms with van der Waals surface area (Å²) in [6, 6.07) is 10.8. The standard InChI is InChI=1S/C21H21N5OS/c22-20(27)16-11-25-21(26-14-2-1-6-23-10-14)15-9-18(28-19(15)16)13-3-4-17-12(8-13)5-7-24-17/h3-5,7-9,11,14,23-24H,1-2,6,10H2,(H2,22,27)(H,25,26)/t14-/m0/s1. The molecule has 142 valence electrons. The van der Waals surface area contributed by atoms with Crippen molar-refractivity contribution in [1.82, 2.24) is 15.3 Å². The van der Waals surface area contributed by atoms with Gasteiger partial charge in [-0.3, -0.25) is 4.79 Å². The second kappa shape index (κ2) is 6.92. The molecule has 0 aliphatic carbocycles. The Bertz CT molecular complexity index is 1170. The van der Waals surface area contributed by atoms with E-state index in [1.54, 1.807) is 17.5 Å². The van der Waals surface area contributed by atoms with Crippen molar-refractivity contribution in [3.63, 3.8) is 0 Å². The van der Waals surface area contributed by atoms with Crippen LogP contribution in [0.2, 0.25) is 0 Å². The average molecular weight is 392 g/mol. The third-order valence-corrected chi connectivity index (χ3v) is 6.51. The average Bonchev–Trinajstić information content (AvgIpc) is 3.35. The number of hydrogen-bond acceptors (Lipinski definition) is 5. The molecule has 1 saturated heterocycles. The quantitative estimate of drug-likeness (QED) is 0.426. The largest absolute Gasteiger partial charge is 0.366 e. The molecule has 0 spiro atoms. The number of nitrogens with zero attached hydrogens (tertiary/aromatic N) is 1. The van der Waals surface area contributed by atoms with Gasteiger partial charge in [0.05, 0.1) is 10.3 Å². The summed E-state index contributed by atoms with van der Waals surface area (Å²) in [5, 5.41) is 9.09. The van der Waals surface area contributed by atoms with Crippen molar-refractivity contribution in [3.8, 4) is 10.4 Å². The van der Waals surface area contributed by atoms with Gasteiger partial charge >= 0.3 is 0 Å². The Balaban J connectivity index is 1.61. The van der Waals surface area contributed by atoms with E-state index in [0.717, 1.165) is 63.2 Å². The number of thiophene rings is 1. The van der Waals surface area contributed by atoms with Gasteiger partial charge in [0.25, 0.3) is 5.91 Å². The molecule has 0 unspecified atom stereocenters. The zero-order valence-corrected chi connectivity index (χ0v) is 16.1. The maximum Gasteiger partial charge on any atom is 0.251 e. The van der Waals surface area contributed by atoms with Crippen LogP contribution in [0.3, 0.4) is 0 Å². The summed E-state index contributed by atoms with van der Waals surface area (Å²) in [7, 11) is 0. The highest BCUT2D eigenvalue weighted by Gasteiger charge is 2.19. The van der Waals surface area contributed by atoms with Crippen LogP contribution in [0.25, 0.3) is 31.4 Å². The molecule has 1 fully saturated rings. The van der Waals surface area contributed by atoms with Crippen molar-refractivity contribution < 1.29 is 4.79 Å². The SMILES string of the molecule is NC(=O)c1cnc(N[C@H]2CCCNC2)c2cc(-c3ccc4[nH]ccc4c3)sc12. The first-order valence-electron chi connectivity index (χ1n) is 9.46. The van der Waals surface area contributed by atoms with Crippen molar-refractivity contribution in [3.05, 3.63) is 48.3 Å². The molecule has 7 heteroatoms. The monoisotopic (exact) mass is 391 g/mol. The third kappa shape index (κ3) is 3.02. The second-order valence-corrected chi connectivity index (χ2v) is 8.26. The Kier molecular flexibility index (Phi) is 4.26. The van der Waals surface area contributed by atoms with Gasteiger partial charge in [0.1, 0.15) is 5.82 Å².